The van der Waals surface area contributed by atoms with Crippen molar-refractivity contribution < 1.29 is 9.66 Å². The zero-order chi connectivity index (χ0) is 19.9. The Hall–Kier alpha value is -2.21. The molecule has 0 saturated carbocycles. The van der Waals surface area contributed by atoms with Crippen molar-refractivity contribution in [2.24, 2.45) is 5.10 Å². The molecule has 3 rings (SSSR count). The largest absolute Gasteiger partial charge is 0.487 e. The van der Waals surface area contributed by atoms with Crippen LogP contribution in [0.4, 0.5) is 11.4 Å². The first kappa shape index (κ1) is 20.5. The van der Waals surface area contributed by atoms with E-state index >= 15 is 0 Å². The second-order valence-corrected chi connectivity index (χ2v) is 8.09. The van der Waals surface area contributed by atoms with E-state index in [1.807, 2.05) is 42.5 Å². The number of benzene rings is 3. The molecule has 0 saturated heterocycles. The van der Waals surface area contributed by atoms with Crippen LogP contribution in [0, 0.1) is 17.3 Å². The smallest absolute Gasteiger partial charge is 0.269 e. The van der Waals surface area contributed by atoms with Gasteiger partial charge < -0.3 is 4.74 Å². The first-order valence-electron chi connectivity index (χ1n) is 8.22. The Kier molecular flexibility index (Phi) is 7.20. The van der Waals surface area contributed by atoms with Crippen molar-refractivity contribution >= 4 is 62.8 Å². The number of hydrogen-bond donors (Lipinski definition) is 1. The van der Waals surface area contributed by atoms with Gasteiger partial charge in [-0.05, 0) is 92.7 Å². The van der Waals surface area contributed by atoms with Gasteiger partial charge in [0.05, 0.1) is 24.0 Å². The molecule has 0 atom stereocenters. The van der Waals surface area contributed by atoms with Crippen LogP contribution in [-0.4, -0.2) is 11.1 Å². The van der Waals surface area contributed by atoms with Gasteiger partial charge in [0.15, 0.2) is 0 Å². The molecular formula is C20H15I2N3O3. The highest BCUT2D eigenvalue weighted by molar-refractivity contribution is 14.1. The van der Waals surface area contributed by atoms with Crippen molar-refractivity contribution in [3.05, 3.63) is 95.1 Å². The topological polar surface area (TPSA) is 76.8 Å². The first-order valence-corrected chi connectivity index (χ1v) is 10.4. The third-order valence-electron chi connectivity index (χ3n) is 3.73. The maximum Gasteiger partial charge on any atom is 0.269 e. The Bertz CT molecular complexity index is 970. The fourth-order valence-electron chi connectivity index (χ4n) is 2.36. The number of hydrazone groups is 1. The van der Waals surface area contributed by atoms with E-state index < -0.39 is 4.92 Å². The molecule has 0 heterocycles. The van der Waals surface area contributed by atoms with E-state index in [-0.39, 0.29) is 5.69 Å². The Balaban J connectivity index is 1.65. The monoisotopic (exact) mass is 599 g/mol. The number of halogens is 2. The number of nitrogens with zero attached hydrogens (tertiary/aromatic N) is 2. The molecule has 0 aromatic heterocycles. The Morgan fingerprint density at radius 1 is 1.04 bits per heavy atom. The summed E-state index contributed by atoms with van der Waals surface area (Å²) >= 11 is 4.46. The highest BCUT2D eigenvalue weighted by Crippen LogP contribution is 2.29. The summed E-state index contributed by atoms with van der Waals surface area (Å²) in [6.45, 7) is 0.340. The number of nitro benzene ring substituents is 1. The maximum absolute atomic E-state index is 10.7. The van der Waals surface area contributed by atoms with E-state index in [4.69, 9.17) is 4.74 Å². The molecule has 6 nitrogen and oxygen atoms in total. The van der Waals surface area contributed by atoms with Gasteiger partial charge in [-0.25, -0.2) is 0 Å². The van der Waals surface area contributed by atoms with Crippen molar-refractivity contribution in [2.45, 2.75) is 6.61 Å². The van der Waals surface area contributed by atoms with E-state index in [1.165, 1.54) is 12.1 Å². The molecule has 0 aliphatic heterocycles. The van der Waals surface area contributed by atoms with Gasteiger partial charge in [-0.1, -0.05) is 18.2 Å². The lowest BCUT2D eigenvalue weighted by molar-refractivity contribution is -0.384. The van der Waals surface area contributed by atoms with Crippen LogP contribution < -0.4 is 10.2 Å². The summed E-state index contributed by atoms with van der Waals surface area (Å²) in [4.78, 5) is 10.3. The van der Waals surface area contributed by atoms with Gasteiger partial charge in [-0.3, -0.25) is 15.5 Å². The number of ether oxygens (including phenoxy) is 1. The SMILES string of the molecule is O=[N+]([O-])c1ccc(COc2c(I)cc(/C=N\Nc3ccccc3)cc2I)cc1. The molecule has 142 valence electrons. The molecule has 0 fully saturated rings. The highest BCUT2D eigenvalue weighted by atomic mass is 127. The van der Waals surface area contributed by atoms with Crippen molar-refractivity contribution in [3.8, 4) is 5.75 Å². The van der Waals surface area contributed by atoms with E-state index in [2.05, 4.69) is 55.7 Å². The maximum atomic E-state index is 10.7. The Labute approximate surface area is 189 Å². The summed E-state index contributed by atoms with van der Waals surface area (Å²) in [6.07, 6.45) is 1.76. The Morgan fingerprint density at radius 3 is 2.29 bits per heavy atom. The average Bonchev–Trinajstić information content (AvgIpc) is 2.68. The quantitative estimate of drug-likeness (QED) is 0.161. The summed E-state index contributed by atoms with van der Waals surface area (Å²) < 4.78 is 7.87. The average molecular weight is 599 g/mol. The minimum absolute atomic E-state index is 0.0701. The molecule has 0 radical (unpaired) electrons. The summed E-state index contributed by atoms with van der Waals surface area (Å²) in [7, 11) is 0. The van der Waals surface area contributed by atoms with Crippen LogP contribution in [0.5, 0.6) is 5.75 Å². The normalized spacial score (nSPS) is 10.8. The highest BCUT2D eigenvalue weighted by Gasteiger charge is 2.10. The molecule has 3 aromatic carbocycles. The molecule has 0 bridgehead atoms. The lowest BCUT2D eigenvalue weighted by Crippen LogP contribution is -2.01. The summed E-state index contributed by atoms with van der Waals surface area (Å²) in [5.74, 6) is 0.785. The zero-order valence-electron chi connectivity index (χ0n) is 14.5. The van der Waals surface area contributed by atoms with Crippen LogP contribution in [0.3, 0.4) is 0 Å². The predicted octanol–water partition coefficient (Wildman–Crippen LogP) is 5.83. The molecule has 0 spiro atoms. The van der Waals surface area contributed by atoms with Crippen LogP contribution >= 0.6 is 45.2 Å². The molecule has 3 aromatic rings. The van der Waals surface area contributed by atoms with E-state index in [9.17, 15) is 10.1 Å². The molecule has 1 N–H and O–H groups in total. The van der Waals surface area contributed by atoms with E-state index in [1.54, 1.807) is 18.3 Å². The van der Waals surface area contributed by atoms with Gasteiger partial charge in [0, 0.05) is 12.1 Å². The molecular weight excluding hydrogens is 584 g/mol. The minimum Gasteiger partial charge on any atom is -0.487 e. The number of para-hydroxylation sites is 1. The van der Waals surface area contributed by atoms with Gasteiger partial charge in [0.25, 0.3) is 5.69 Å². The number of nitrogens with one attached hydrogen (secondary N) is 1. The summed E-state index contributed by atoms with van der Waals surface area (Å²) in [5, 5.41) is 15.0. The Morgan fingerprint density at radius 2 is 1.68 bits per heavy atom. The number of anilines is 1. The van der Waals surface area contributed by atoms with Gasteiger partial charge in [0.2, 0.25) is 0 Å². The van der Waals surface area contributed by atoms with Gasteiger partial charge in [-0.15, -0.1) is 0 Å². The van der Waals surface area contributed by atoms with Crippen LogP contribution in [0.25, 0.3) is 0 Å². The van der Waals surface area contributed by atoms with Crippen molar-refractivity contribution in [1.29, 1.82) is 0 Å². The van der Waals surface area contributed by atoms with Crippen LogP contribution in [0.1, 0.15) is 11.1 Å². The minimum atomic E-state index is -0.413. The van der Waals surface area contributed by atoms with Crippen molar-refractivity contribution in [2.75, 3.05) is 5.43 Å². The second-order valence-electron chi connectivity index (χ2n) is 5.76. The third-order valence-corrected chi connectivity index (χ3v) is 5.33. The predicted molar refractivity (Wildman–Crippen MR) is 127 cm³/mol. The van der Waals surface area contributed by atoms with Crippen LogP contribution in [-0.2, 0) is 6.61 Å². The standard InChI is InChI=1S/C20H15I2N3O3/c21-18-10-15(12-23-24-16-4-2-1-3-5-16)11-19(22)20(18)28-13-14-6-8-17(9-7-14)25(26)27/h1-12,24H,13H2/b23-12-. The summed E-state index contributed by atoms with van der Waals surface area (Å²) in [5.41, 5.74) is 5.81. The summed E-state index contributed by atoms with van der Waals surface area (Å²) in [6, 6.07) is 20.1. The van der Waals surface area contributed by atoms with Crippen molar-refractivity contribution in [3.63, 3.8) is 0 Å². The number of nitro groups is 1. The van der Waals surface area contributed by atoms with E-state index in [0.717, 1.165) is 29.7 Å². The molecule has 0 unspecified atom stereocenters. The van der Waals surface area contributed by atoms with Gasteiger partial charge >= 0.3 is 0 Å². The fraction of sp³-hybridized carbons (Fsp3) is 0.0500. The van der Waals surface area contributed by atoms with Crippen LogP contribution in [0.2, 0.25) is 0 Å². The lowest BCUT2D eigenvalue weighted by atomic mass is 10.2. The molecule has 0 amide bonds. The first-order chi connectivity index (χ1) is 13.5. The molecule has 8 heteroatoms. The van der Waals surface area contributed by atoms with Crippen LogP contribution in [0.15, 0.2) is 71.8 Å². The van der Waals surface area contributed by atoms with Gasteiger partial charge in [0.1, 0.15) is 12.4 Å². The van der Waals surface area contributed by atoms with Crippen molar-refractivity contribution in [1.82, 2.24) is 0 Å². The zero-order valence-corrected chi connectivity index (χ0v) is 18.8. The fourth-order valence-corrected chi connectivity index (χ4v) is 4.48. The molecule has 0 aliphatic carbocycles. The molecule has 0 aliphatic rings. The number of hydrogen-bond acceptors (Lipinski definition) is 5. The number of rotatable bonds is 7. The molecule has 28 heavy (non-hydrogen) atoms. The number of non-ortho nitro benzene ring substituents is 1. The van der Waals surface area contributed by atoms with Gasteiger partial charge in [-0.2, -0.15) is 5.10 Å². The van der Waals surface area contributed by atoms with E-state index in [0.29, 0.717) is 6.61 Å². The third kappa shape index (κ3) is 5.64. The second kappa shape index (κ2) is 9.82. The lowest BCUT2D eigenvalue weighted by Gasteiger charge is -2.11.